The van der Waals surface area contributed by atoms with Gasteiger partial charge < -0.3 is 4.42 Å². The molecule has 0 aliphatic rings. The summed E-state index contributed by atoms with van der Waals surface area (Å²) in [5, 5.41) is 18.8. The van der Waals surface area contributed by atoms with E-state index in [2.05, 4.69) is 237 Å². The molecule has 16 aromatic rings. The molecule has 484 valence electrons. The molecule has 98 heavy (non-hydrogen) atoms. The van der Waals surface area contributed by atoms with Crippen molar-refractivity contribution in [1.82, 2.24) is 40.0 Å². The number of aryl methyl sites for hydroxylation is 1. The Balaban J connectivity index is 0.000000151. The molecule has 0 saturated carbocycles. The first kappa shape index (κ1) is 72.8. The Morgan fingerprint density at radius 2 is 0.724 bits per heavy atom. The molecule has 12 aromatic carbocycles. The van der Waals surface area contributed by atoms with E-state index in [4.69, 9.17) is 4.42 Å². The summed E-state index contributed by atoms with van der Waals surface area (Å²) in [7, 11) is 0. The number of thiazole rings is 1. The van der Waals surface area contributed by atoms with Crippen molar-refractivity contribution in [2.45, 2.75) is 13.8 Å². The number of hydrogen-bond donors (Lipinski definition) is 0. The molecule has 0 unspecified atom stereocenters. The molecular formula is C84H60N8OPt4S+4. The fourth-order valence-electron chi connectivity index (χ4n) is 10.5. The third kappa shape index (κ3) is 18.4. The maximum Gasteiger partial charge on any atom is 2.00 e. The molecule has 0 N–H and O–H groups in total. The van der Waals surface area contributed by atoms with Crippen LogP contribution in [0.25, 0.3) is 122 Å². The van der Waals surface area contributed by atoms with Crippen LogP contribution in [0.1, 0.15) is 11.4 Å². The van der Waals surface area contributed by atoms with Gasteiger partial charge in [-0.15, -0.1) is 83.5 Å². The number of para-hydroxylation sites is 2. The van der Waals surface area contributed by atoms with Gasteiger partial charge in [0, 0.05) is 32.8 Å². The maximum absolute atomic E-state index is 5.86. The molecule has 0 spiro atoms. The summed E-state index contributed by atoms with van der Waals surface area (Å²) in [6.07, 6.45) is 3.70. The van der Waals surface area contributed by atoms with E-state index in [1.807, 2.05) is 158 Å². The van der Waals surface area contributed by atoms with E-state index in [9.17, 15) is 0 Å². The van der Waals surface area contributed by atoms with E-state index in [0.29, 0.717) is 5.89 Å². The minimum atomic E-state index is 0. The molecule has 4 aromatic heterocycles. The van der Waals surface area contributed by atoms with E-state index >= 15 is 0 Å². The van der Waals surface area contributed by atoms with Crippen molar-refractivity contribution in [2.24, 2.45) is 0 Å². The van der Waals surface area contributed by atoms with E-state index in [1.54, 1.807) is 22.3 Å². The quantitative estimate of drug-likeness (QED) is 0.112. The Morgan fingerprint density at radius 3 is 1.17 bits per heavy atom. The van der Waals surface area contributed by atoms with Crippen LogP contribution in [0.4, 0.5) is 0 Å². The van der Waals surface area contributed by atoms with E-state index in [1.165, 1.54) is 54.9 Å². The molecule has 9 nitrogen and oxygen atoms in total. The molecule has 0 saturated heterocycles. The number of hydrogen-bond acceptors (Lipinski definition) is 8. The normalized spacial score (nSPS) is 10.2. The van der Waals surface area contributed by atoms with Crippen LogP contribution in [-0.2, 0) is 84.3 Å². The molecule has 0 fully saturated rings. The topological polar surface area (TPSA) is 100 Å². The average Bonchev–Trinajstić information content (AvgIpc) is 1.78. The van der Waals surface area contributed by atoms with E-state index in [-0.39, 0.29) is 84.3 Å². The predicted molar refractivity (Wildman–Crippen MR) is 381 cm³/mol. The number of rotatable bonds is 12. The van der Waals surface area contributed by atoms with E-state index in [0.717, 1.165) is 72.7 Å². The molecule has 0 aliphatic carbocycles. The molecule has 14 heteroatoms. The number of oxazole rings is 1. The van der Waals surface area contributed by atoms with Gasteiger partial charge in [-0.05, 0) is 75.3 Å². The van der Waals surface area contributed by atoms with Gasteiger partial charge >= 0.3 is 84.3 Å². The third-order valence-electron chi connectivity index (χ3n) is 15.5. The molecule has 0 bridgehead atoms. The zero-order valence-electron chi connectivity index (χ0n) is 52.8. The Hall–Kier alpha value is -9.49. The number of aromatic nitrogens is 8. The monoisotopic (exact) mass is 2010 g/mol. The SMILES string of the molecule is Cc1c(-c2ccc(-c3ccccc3)cc2)nnn1-c1[c-]cccc1.Cc1nn(-c2[c-]cccc2)nc1-c1ccc(-c2ccccc2)cc1.[Pt+2].[Pt+2].[Pt+2].[Pt+2].[c-]1ccccc1-c1ncc(-c2ccc(-c3ccccc3)cc2)o1.[c-]1ccccc1-c1ncc(-c2ccc(-c3ccccc3)cc2)s1. The van der Waals surface area contributed by atoms with Crippen molar-refractivity contribution >= 4 is 11.3 Å². The second-order valence-electron chi connectivity index (χ2n) is 21.7. The fourth-order valence-corrected chi connectivity index (χ4v) is 11.4. The standard InChI is InChI=1S/2C21H16N3.C21H14NO.C21H14NS.4Pt/c1-16-21(22-23-24(16)20-10-6-3-7-11-20)19-14-12-18(13-15-19)17-8-4-2-5-9-17;1-16-21(23-24(22-16)20-10-6-3-7-11-20)19-14-12-18(13-15-19)17-8-4-2-5-9-17;2*1-3-7-16(8-4-1)17-11-13-18(14-12-17)20-15-22-21(23-20)19-9-5-2-6-10-19;;;;/h2*2-10,12-15H,1H3;2*1-9,11-15H;;;;/q4*-1;4*+2. The summed E-state index contributed by atoms with van der Waals surface area (Å²) in [6.45, 7) is 4.01. The first-order chi connectivity index (χ1) is 46.4. The Bertz CT molecular complexity index is 4740. The molecule has 16 rings (SSSR count). The van der Waals surface area contributed by atoms with Crippen LogP contribution in [-0.4, -0.2) is 40.0 Å². The minimum absolute atomic E-state index is 0. The van der Waals surface area contributed by atoms with Gasteiger partial charge in [-0.1, -0.05) is 229 Å². The Labute approximate surface area is 633 Å². The van der Waals surface area contributed by atoms with Crippen molar-refractivity contribution in [3.63, 3.8) is 0 Å². The first-order valence-corrected chi connectivity index (χ1v) is 31.6. The van der Waals surface area contributed by atoms with E-state index < -0.39 is 0 Å². The van der Waals surface area contributed by atoms with Gasteiger partial charge in [0.2, 0.25) is 0 Å². The van der Waals surface area contributed by atoms with Crippen molar-refractivity contribution in [1.29, 1.82) is 0 Å². The predicted octanol–water partition coefficient (Wildman–Crippen LogP) is 20.8. The van der Waals surface area contributed by atoms with Crippen LogP contribution >= 0.6 is 11.3 Å². The fraction of sp³-hybridized carbons (Fsp3) is 0.0238. The summed E-state index contributed by atoms with van der Waals surface area (Å²) in [5.41, 5.74) is 21.4. The molecule has 4 heterocycles. The summed E-state index contributed by atoms with van der Waals surface area (Å²) < 4.78 is 7.68. The summed E-state index contributed by atoms with van der Waals surface area (Å²) in [4.78, 5) is 11.7. The van der Waals surface area contributed by atoms with Crippen LogP contribution < -0.4 is 0 Å². The molecule has 0 radical (unpaired) electrons. The Morgan fingerprint density at radius 1 is 0.337 bits per heavy atom. The molecule has 0 aliphatic heterocycles. The van der Waals surface area contributed by atoms with Crippen LogP contribution in [0.3, 0.4) is 0 Å². The number of benzene rings is 12. The van der Waals surface area contributed by atoms with Gasteiger partial charge in [-0.2, -0.15) is 74.9 Å². The molecule has 0 amide bonds. The maximum atomic E-state index is 5.86. The van der Waals surface area contributed by atoms with Gasteiger partial charge in [-0.25, -0.2) is 4.68 Å². The van der Waals surface area contributed by atoms with Gasteiger partial charge in [0.05, 0.1) is 17.6 Å². The zero-order chi connectivity index (χ0) is 63.7. The van der Waals surface area contributed by atoms with Gasteiger partial charge in [0.1, 0.15) is 23.0 Å². The second-order valence-corrected chi connectivity index (χ2v) is 22.8. The molecular weight excluding hydrogens is 1950 g/mol. The van der Waals surface area contributed by atoms with Crippen molar-refractivity contribution < 1.29 is 88.7 Å². The van der Waals surface area contributed by atoms with Crippen molar-refractivity contribution in [3.05, 3.63) is 363 Å². The van der Waals surface area contributed by atoms with Gasteiger partial charge in [-0.3, -0.25) is 9.97 Å². The largest absolute Gasteiger partial charge is 2.00 e. The summed E-state index contributed by atoms with van der Waals surface area (Å²) in [6, 6.07) is 119. The van der Waals surface area contributed by atoms with Gasteiger partial charge in [0.15, 0.2) is 0 Å². The van der Waals surface area contributed by atoms with Crippen LogP contribution in [0.2, 0.25) is 0 Å². The Kier molecular flexibility index (Phi) is 26.9. The smallest absolute Gasteiger partial charge is 0.481 e. The van der Waals surface area contributed by atoms with Crippen LogP contribution in [0.15, 0.2) is 332 Å². The summed E-state index contributed by atoms with van der Waals surface area (Å²) in [5.74, 6) is 1.35. The average molecular weight is 2010 g/mol. The van der Waals surface area contributed by atoms with Crippen LogP contribution in [0, 0.1) is 38.1 Å². The number of nitrogens with zero attached hydrogens (tertiary/aromatic N) is 8. The van der Waals surface area contributed by atoms with Crippen LogP contribution in [0.5, 0.6) is 0 Å². The van der Waals surface area contributed by atoms with Crippen molar-refractivity contribution in [2.75, 3.05) is 0 Å². The molecule has 0 atom stereocenters. The minimum Gasteiger partial charge on any atom is -0.481 e. The first-order valence-electron chi connectivity index (χ1n) is 30.7. The second kappa shape index (κ2) is 36.2. The zero-order valence-corrected chi connectivity index (χ0v) is 62.7. The van der Waals surface area contributed by atoms with Gasteiger partial charge in [0.25, 0.3) is 0 Å². The summed E-state index contributed by atoms with van der Waals surface area (Å²) >= 11 is 1.70. The van der Waals surface area contributed by atoms with Crippen molar-refractivity contribution in [3.8, 4) is 122 Å². The third-order valence-corrected chi connectivity index (χ3v) is 16.6.